The number of hydrogen-bond donors (Lipinski definition) is 2. The van der Waals surface area contributed by atoms with Gasteiger partial charge in [-0.05, 0) is 48.4 Å². The van der Waals surface area contributed by atoms with Crippen molar-refractivity contribution in [1.82, 2.24) is 9.97 Å². The summed E-state index contributed by atoms with van der Waals surface area (Å²) in [4.78, 5) is 19.1. The summed E-state index contributed by atoms with van der Waals surface area (Å²) < 4.78 is 29.5. The molecule has 6 nitrogen and oxygen atoms in total. The molecule has 0 saturated carbocycles. The van der Waals surface area contributed by atoms with Gasteiger partial charge in [-0.2, -0.15) is 4.73 Å². The first-order chi connectivity index (χ1) is 17.3. The predicted octanol–water partition coefficient (Wildman–Crippen LogP) is 5.87. The summed E-state index contributed by atoms with van der Waals surface area (Å²) in [6.45, 7) is 0. The van der Waals surface area contributed by atoms with Crippen LogP contribution in [-0.2, 0) is 6.42 Å². The SMILES string of the molecule is O=C(O)c1ccc2nc([C@@H](Cc3ccccc3)c3ccc(-c4c(F)ccc(Cl)c4F)c[n+]3[O-])[nH]c2c1. The molecule has 0 unspecified atom stereocenters. The molecule has 0 amide bonds. The average molecular weight is 506 g/mol. The number of pyridine rings is 1. The van der Waals surface area contributed by atoms with E-state index in [4.69, 9.17) is 11.6 Å². The number of benzene rings is 3. The summed E-state index contributed by atoms with van der Waals surface area (Å²) in [6.07, 6.45) is 1.50. The van der Waals surface area contributed by atoms with Gasteiger partial charge in [0, 0.05) is 6.07 Å². The normalized spacial score (nSPS) is 12.1. The number of hydrogen-bond acceptors (Lipinski definition) is 3. The van der Waals surface area contributed by atoms with E-state index in [9.17, 15) is 23.9 Å². The minimum Gasteiger partial charge on any atom is -0.618 e. The molecule has 3 aromatic carbocycles. The molecule has 180 valence electrons. The number of H-pyrrole nitrogens is 1. The van der Waals surface area contributed by atoms with Gasteiger partial charge in [0.1, 0.15) is 17.6 Å². The molecule has 2 aromatic heterocycles. The van der Waals surface area contributed by atoms with Crippen LogP contribution in [-0.4, -0.2) is 21.0 Å². The molecule has 9 heteroatoms. The summed E-state index contributed by atoms with van der Waals surface area (Å²) in [7, 11) is 0. The van der Waals surface area contributed by atoms with Crippen molar-refractivity contribution >= 4 is 28.6 Å². The van der Waals surface area contributed by atoms with Crippen molar-refractivity contribution < 1.29 is 23.4 Å². The van der Waals surface area contributed by atoms with Crippen molar-refractivity contribution in [3.63, 3.8) is 0 Å². The second kappa shape index (κ2) is 9.39. The van der Waals surface area contributed by atoms with Gasteiger partial charge in [0.05, 0.1) is 32.7 Å². The molecule has 36 heavy (non-hydrogen) atoms. The number of aromatic carboxylic acids is 1. The maximum Gasteiger partial charge on any atom is 0.335 e. The van der Waals surface area contributed by atoms with Crippen molar-refractivity contribution in [3.05, 3.63) is 124 Å². The van der Waals surface area contributed by atoms with Crippen molar-refractivity contribution in [2.24, 2.45) is 0 Å². The summed E-state index contributed by atoms with van der Waals surface area (Å²) in [5.41, 5.74) is 2.05. The van der Waals surface area contributed by atoms with Gasteiger partial charge < -0.3 is 15.3 Å². The number of nitrogens with one attached hydrogen (secondary N) is 1. The highest BCUT2D eigenvalue weighted by molar-refractivity contribution is 6.31. The molecule has 0 aliphatic heterocycles. The van der Waals surface area contributed by atoms with Crippen LogP contribution >= 0.6 is 11.6 Å². The van der Waals surface area contributed by atoms with Gasteiger partial charge in [-0.25, -0.2) is 18.6 Å². The van der Waals surface area contributed by atoms with E-state index in [-0.39, 0.29) is 21.7 Å². The average Bonchev–Trinajstić information content (AvgIpc) is 3.29. The van der Waals surface area contributed by atoms with E-state index in [1.165, 1.54) is 24.3 Å². The highest BCUT2D eigenvalue weighted by Crippen LogP contribution is 2.32. The molecule has 0 aliphatic rings. The van der Waals surface area contributed by atoms with Crippen LogP contribution in [0.1, 0.15) is 33.4 Å². The lowest BCUT2D eigenvalue weighted by atomic mass is 9.94. The number of aromatic amines is 1. The van der Waals surface area contributed by atoms with Crippen LogP contribution in [0.3, 0.4) is 0 Å². The highest BCUT2D eigenvalue weighted by atomic mass is 35.5. The van der Waals surface area contributed by atoms with Crippen LogP contribution in [0.25, 0.3) is 22.2 Å². The van der Waals surface area contributed by atoms with Gasteiger partial charge in [-0.15, -0.1) is 0 Å². The fourth-order valence-corrected chi connectivity index (χ4v) is 4.38. The Balaban J connectivity index is 1.62. The second-order valence-corrected chi connectivity index (χ2v) is 8.70. The molecule has 0 aliphatic carbocycles. The van der Waals surface area contributed by atoms with Crippen LogP contribution in [0, 0.1) is 16.8 Å². The zero-order valence-electron chi connectivity index (χ0n) is 18.6. The Morgan fingerprint density at radius 2 is 1.86 bits per heavy atom. The number of halogens is 3. The van der Waals surface area contributed by atoms with Crippen LogP contribution < -0.4 is 4.73 Å². The summed E-state index contributed by atoms with van der Waals surface area (Å²) >= 11 is 5.82. The van der Waals surface area contributed by atoms with Gasteiger partial charge in [0.15, 0.2) is 12.0 Å². The molecule has 2 heterocycles. The highest BCUT2D eigenvalue weighted by Gasteiger charge is 2.27. The third kappa shape index (κ3) is 4.38. The molecule has 0 saturated heterocycles. The Morgan fingerprint density at radius 3 is 2.58 bits per heavy atom. The third-order valence-corrected chi connectivity index (χ3v) is 6.29. The lowest BCUT2D eigenvalue weighted by molar-refractivity contribution is -0.614. The molecule has 5 rings (SSSR count). The van der Waals surface area contributed by atoms with E-state index < -0.39 is 23.5 Å². The van der Waals surface area contributed by atoms with Gasteiger partial charge in [0.2, 0.25) is 5.69 Å². The number of carboxylic acids is 1. The number of nitrogens with zero attached hydrogens (tertiary/aromatic N) is 2. The van der Waals surface area contributed by atoms with Crippen LogP contribution in [0.15, 0.2) is 79.0 Å². The molecule has 5 aromatic rings. The fraction of sp³-hybridized carbons (Fsp3) is 0.0741. The predicted molar refractivity (Wildman–Crippen MR) is 131 cm³/mol. The van der Waals surface area contributed by atoms with Gasteiger partial charge in [-0.1, -0.05) is 41.9 Å². The fourth-order valence-electron chi connectivity index (χ4n) is 4.22. The first kappa shape index (κ1) is 23.4. The van der Waals surface area contributed by atoms with Crippen molar-refractivity contribution in [1.29, 1.82) is 0 Å². The Labute approximate surface area is 209 Å². The summed E-state index contributed by atoms with van der Waals surface area (Å²) in [5, 5.41) is 22.3. The van der Waals surface area contributed by atoms with Crippen LogP contribution in [0.2, 0.25) is 5.02 Å². The molecule has 2 N–H and O–H groups in total. The smallest absolute Gasteiger partial charge is 0.335 e. The van der Waals surface area contributed by atoms with E-state index in [1.54, 1.807) is 6.07 Å². The lowest BCUT2D eigenvalue weighted by Crippen LogP contribution is -2.34. The summed E-state index contributed by atoms with van der Waals surface area (Å²) in [5.74, 6) is -2.96. The Hall–Kier alpha value is -4.30. The van der Waals surface area contributed by atoms with Crippen LogP contribution in [0.5, 0.6) is 0 Å². The van der Waals surface area contributed by atoms with E-state index >= 15 is 0 Å². The Kier molecular flexibility index (Phi) is 6.12. The second-order valence-electron chi connectivity index (χ2n) is 8.29. The number of rotatable bonds is 6. The Morgan fingerprint density at radius 1 is 1.08 bits per heavy atom. The molecule has 0 bridgehead atoms. The molecule has 0 spiro atoms. The number of carboxylic acid groups (broad SMARTS) is 1. The van der Waals surface area contributed by atoms with E-state index in [1.807, 2.05) is 30.3 Å². The third-order valence-electron chi connectivity index (χ3n) is 5.99. The lowest BCUT2D eigenvalue weighted by Gasteiger charge is -2.16. The van der Waals surface area contributed by atoms with Crippen molar-refractivity contribution in [2.75, 3.05) is 0 Å². The monoisotopic (exact) mass is 505 g/mol. The van der Waals surface area contributed by atoms with Crippen molar-refractivity contribution in [2.45, 2.75) is 12.3 Å². The molecular weight excluding hydrogens is 488 g/mol. The maximum absolute atomic E-state index is 14.6. The number of imidazole rings is 1. The van der Waals surface area contributed by atoms with Gasteiger partial charge >= 0.3 is 5.97 Å². The van der Waals surface area contributed by atoms with E-state index in [0.29, 0.717) is 33.7 Å². The first-order valence-electron chi connectivity index (χ1n) is 11.0. The molecule has 0 radical (unpaired) electrons. The summed E-state index contributed by atoms with van der Waals surface area (Å²) in [6, 6.07) is 19.1. The van der Waals surface area contributed by atoms with Gasteiger partial charge in [-0.3, -0.25) is 0 Å². The molecule has 1 atom stereocenters. The first-order valence-corrected chi connectivity index (χ1v) is 11.3. The van der Waals surface area contributed by atoms with E-state index in [2.05, 4.69) is 9.97 Å². The Bertz CT molecular complexity index is 1610. The maximum atomic E-state index is 14.6. The minimum absolute atomic E-state index is 0.0421. The minimum atomic E-state index is -1.07. The number of aromatic nitrogens is 3. The zero-order valence-corrected chi connectivity index (χ0v) is 19.3. The largest absolute Gasteiger partial charge is 0.618 e. The van der Waals surface area contributed by atoms with Crippen molar-refractivity contribution in [3.8, 4) is 11.1 Å². The number of fused-ring (bicyclic) bond motifs is 1. The zero-order chi connectivity index (χ0) is 25.4. The van der Waals surface area contributed by atoms with E-state index in [0.717, 1.165) is 23.9 Å². The van der Waals surface area contributed by atoms with Gasteiger partial charge in [0.25, 0.3) is 0 Å². The standard InChI is InChI=1S/C27H18ClF2N3O3/c28-19-8-9-20(29)24(25(19)30)17-7-11-23(33(36)14-17)18(12-15-4-2-1-3-5-15)26-31-21-10-6-16(27(34)35)13-22(21)32-26/h1-11,13-14,18H,12H2,(H,31,32)(H,34,35)/t18-/m0/s1. The topological polar surface area (TPSA) is 92.9 Å². The van der Waals surface area contributed by atoms with Crippen LogP contribution in [0.4, 0.5) is 8.78 Å². The number of carbonyl (C=O) groups is 1. The molecule has 0 fully saturated rings. The quantitative estimate of drug-likeness (QED) is 0.171. The molecular formula is C27H18ClF2N3O3.